The van der Waals surface area contributed by atoms with Crippen molar-refractivity contribution in [2.75, 3.05) is 4.90 Å². The van der Waals surface area contributed by atoms with Crippen molar-refractivity contribution in [1.82, 2.24) is 4.90 Å². The lowest BCUT2D eigenvalue weighted by atomic mass is 10.2. The highest BCUT2D eigenvalue weighted by molar-refractivity contribution is 9.10. The standard InChI is InChI=1S/C17H15BrN2O4/c1-11(21)19(10-14-3-2-8-24-14)15-9-16(22)20(17(15)23)13-6-4-12(18)5-7-13/h2-8,15H,9-10H2,1H3/t15-/m1/s1. The molecule has 1 saturated heterocycles. The first-order chi connectivity index (χ1) is 11.5. The fourth-order valence-electron chi connectivity index (χ4n) is 2.73. The molecule has 0 spiro atoms. The van der Waals surface area contributed by atoms with Gasteiger partial charge >= 0.3 is 0 Å². The normalized spacial score (nSPS) is 17.4. The van der Waals surface area contributed by atoms with E-state index in [1.807, 2.05) is 0 Å². The first-order valence-corrected chi connectivity index (χ1v) is 8.18. The second-order valence-corrected chi connectivity index (χ2v) is 6.41. The molecule has 0 aliphatic carbocycles. The largest absolute Gasteiger partial charge is 0.467 e. The van der Waals surface area contributed by atoms with Gasteiger partial charge in [-0.3, -0.25) is 14.4 Å². The number of benzene rings is 1. The molecule has 1 fully saturated rings. The van der Waals surface area contributed by atoms with Crippen molar-refractivity contribution in [2.24, 2.45) is 0 Å². The fraction of sp³-hybridized carbons (Fsp3) is 0.235. The number of hydrogen-bond acceptors (Lipinski definition) is 4. The molecule has 7 heteroatoms. The van der Waals surface area contributed by atoms with Gasteiger partial charge in [-0.25, -0.2) is 4.90 Å². The Morgan fingerprint density at radius 2 is 2.00 bits per heavy atom. The van der Waals surface area contributed by atoms with Crippen LogP contribution in [0, 0.1) is 0 Å². The SMILES string of the molecule is CC(=O)N(Cc1ccco1)[C@@H]1CC(=O)N(c2ccc(Br)cc2)C1=O. The fourth-order valence-corrected chi connectivity index (χ4v) is 3.00. The third kappa shape index (κ3) is 3.12. The van der Waals surface area contributed by atoms with E-state index in [0.29, 0.717) is 11.4 Å². The van der Waals surface area contributed by atoms with Gasteiger partial charge in [-0.1, -0.05) is 15.9 Å². The zero-order valence-electron chi connectivity index (χ0n) is 12.9. The summed E-state index contributed by atoms with van der Waals surface area (Å²) < 4.78 is 6.10. The highest BCUT2D eigenvalue weighted by Gasteiger charge is 2.43. The molecule has 0 radical (unpaired) electrons. The zero-order chi connectivity index (χ0) is 17.3. The average Bonchev–Trinajstić information content (AvgIpc) is 3.14. The molecular weight excluding hydrogens is 376 g/mol. The van der Waals surface area contributed by atoms with Crippen LogP contribution in [0.1, 0.15) is 19.1 Å². The molecule has 1 aromatic heterocycles. The second kappa shape index (κ2) is 6.60. The first-order valence-electron chi connectivity index (χ1n) is 7.39. The number of anilines is 1. The van der Waals surface area contributed by atoms with Crippen molar-refractivity contribution >= 4 is 39.3 Å². The maximum atomic E-state index is 12.7. The third-order valence-electron chi connectivity index (χ3n) is 3.89. The van der Waals surface area contributed by atoms with Gasteiger partial charge in [-0.15, -0.1) is 0 Å². The van der Waals surface area contributed by atoms with Crippen LogP contribution in [0.15, 0.2) is 51.6 Å². The number of amides is 3. The second-order valence-electron chi connectivity index (χ2n) is 5.49. The van der Waals surface area contributed by atoms with Crippen LogP contribution in [-0.4, -0.2) is 28.7 Å². The lowest BCUT2D eigenvalue weighted by Crippen LogP contribution is -2.44. The molecule has 1 aliphatic rings. The van der Waals surface area contributed by atoms with Crippen LogP contribution in [-0.2, 0) is 20.9 Å². The predicted molar refractivity (Wildman–Crippen MR) is 90.0 cm³/mol. The molecule has 124 valence electrons. The van der Waals surface area contributed by atoms with E-state index in [-0.39, 0.29) is 24.8 Å². The molecule has 1 atom stereocenters. The Labute approximate surface area is 147 Å². The molecule has 0 unspecified atom stereocenters. The van der Waals surface area contributed by atoms with Crippen LogP contribution >= 0.6 is 15.9 Å². The number of imide groups is 1. The van der Waals surface area contributed by atoms with Crippen LogP contribution < -0.4 is 4.90 Å². The van der Waals surface area contributed by atoms with E-state index in [1.54, 1.807) is 36.4 Å². The molecule has 0 bridgehead atoms. The molecule has 0 N–H and O–H groups in total. The number of furan rings is 1. The highest BCUT2D eigenvalue weighted by atomic mass is 79.9. The van der Waals surface area contributed by atoms with Crippen LogP contribution in [0.5, 0.6) is 0 Å². The summed E-state index contributed by atoms with van der Waals surface area (Å²) in [4.78, 5) is 39.6. The van der Waals surface area contributed by atoms with Crippen molar-refractivity contribution in [2.45, 2.75) is 25.9 Å². The Balaban J connectivity index is 1.86. The summed E-state index contributed by atoms with van der Waals surface area (Å²) >= 11 is 3.32. The zero-order valence-corrected chi connectivity index (χ0v) is 14.5. The lowest BCUT2D eigenvalue weighted by Gasteiger charge is -2.25. The maximum Gasteiger partial charge on any atom is 0.257 e. The Morgan fingerprint density at radius 3 is 2.58 bits per heavy atom. The van der Waals surface area contributed by atoms with Gasteiger partial charge in [0, 0.05) is 11.4 Å². The average molecular weight is 391 g/mol. The van der Waals surface area contributed by atoms with Crippen LogP contribution in [0.3, 0.4) is 0 Å². The monoisotopic (exact) mass is 390 g/mol. The van der Waals surface area contributed by atoms with Gasteiger partial charge in [0.2, 0.25) is 11.8 Å². The van der Waals surface area contributed by atoms with E-state index in [4.69, 9.17) is 4.42 Å². The minimum atomic E-state index is -0.816. The minimum Gasteiger partial charge on any atom is -0.467 e. The van der Waals surface area contributed by atoms with E-state index in [9.17, 15) is 14.4 Å². The van der Waals surface area contributed by atoms with Gasteiger partial charge in [-0.05, 0) is 36.4 Å². The molecule has 6 nitrogen and oxygen atoms in total. The quantitative estimate of drug-likeness (QED) is 0.752. The molecule has 3 rings (SSSR count). The van der Waals surface area contributed by atoms with E-state index in [1.165, 1.54) is 18.1 Å². The summed E-state index contributed by atoms with van der Waals surface area (Å²) in [7, 11) is 0. The molecule has 1 aromatic carbocycles. The number of carbonyl (C=O) groups is 3. The van der Waals surface area contributed by atoms with Crippen LogP contribution in [0.2, 0.25) is 0 Å². The van der Waals surface area contributed by atoms with Crippen LogP contribution in [0.25, 0.3) is 0 Å². The van der Waals surface area contributed by atoms with Crippen molar-refractivity contribution in [1.29, 1.82) is 0 Å². The Kier molecular flexibility index (Phi) is 4.53. The Morgan fingerprint density at radius 1 is 1.29 bits per heavy atom. The third-order valence-corrected chi connectivity index (χ3v) is 4.42. The van der Waals surface area contributed by atoms with Crippen LogP contribution in [0.4, 0.5) is 5.69 Å². The number of hydrogen-bond donors (Lipinski definition) is 0. The molecule has 1 aliphatic heterocycles. The highest BCUT2D eigenvalue weighted by Crippen LogP contribution is 2.27. The van der Waals surface area contributed by atoms with E-state index >= 15 is 0 Å². The molecule has 2 heterocycles. The molecule has 0 saturated carbocycles. The lowest BCUT2D eigenvalue weighted by molar-refractivity contribution is -0.137. The van der Waals surface area contributed by atoms with Crippen molar-refractivity contribution in [3.05, 3.63) is 52.9 Å². The Hall–Kier alpha value is -2.41. The predicted octanol–water partition coefficient (Wildman–Crippen LogP) is 2.72. The minimum absolute atomic E-state index is 0.0326. The van der Waals surface area contributed by atoms with Gasteiger partial charge < -0.3 is 9.32 Å². The van der Waals surface area contributed by atoms with Gasteiger partial charge in [0.05, 0.1) is 24.9 Å². The number of carbonyl (C=O) groups excluding carboxylic acids is 3. The van der Waals surface area contributed by atoms with Crippen molar-refractivity contribution < 1.29 is 18.8 Å². The summed E-state index contributed by atoms with van der Waals surface area (Å²) in [5.41, 5.74) is 0.497. The molecular formula is C17H15BrN2O4. The number of halogens is 1. The summed E-state index contributed by atoms with van der Waals surface area (Å²) in [6, 6.07) is 9.51. The number of rotatable bonds is 4. The van der Waals surface area contributed by atoms with E-state index in [2.05, 4.69) is 15.9 Å². The summed E-state index contributed by atoms with van der Waals surface area (Å²) in [6.45, 7) is 1.53. The molecule has 2 aromatic rings. The molecule has 24 heavy (non-hydrogen) atoms. The smallest absolute Gasteiger partial charge is 0.257 e. The van der Waals surface area contributed by atoms with E-state index < -0.39 is 11.9 Å². The Bertz CT molecular complexity index is 770. The first kappa shape index (κ1) is 16.4. The maximum absolute atomic E-state index is 12.7. The van der Waals surface area contributed by atoms with Gasteiger partial charge in [-0.2, -0.15) is 0 Å². The number of nitrogens with zero attached hydrogens (tertiary/aromatic N) is 2. The van der Waals surface area contributed by atoms with Crippen molar-refractivity contribution in [3.8, 4) is 0 Å². The molecule has 3 amide bonds. The topological polar surface area (TPSA) is 70.8 Å². The van der Waals surface area contributed by atoms with Gasteiger partial charge in [0.15, 0.2) is 0 Å². The van der Waals surface area contributed by atoms with Crippen molar-refractivity contribution in [3.63, 3.8) is 0 Å². The van der Waals surface area contributed by atoms with Gasteiger partial charge in [0.25, 0.3) is 5.91 Å². The van der Waals surface area contributed by atoms with E-state index in [0.717, 1.165) is 9.37 Å². The summed E-state index contributed by atoms with van der Waals surface area (Å²) in [5, 5.41) is 0. The summed E-state index contributed by atoms with van der Waals surface area (Å²) in [6.07, 6.45) is 1.47. The van der Waals surface area contributed by atoms with Gasteiger partial charge in [0.1, 0.15) is 11.8 Å². The summed E-state index contributed by atoms with van der Waals surface area (Å²) in [5.74, 6) is -0.440.